The van der Waals surface area contributed by atoms with Crippen molar-refractivity contribution in [1.82, 2.24) is 9.97 Å². The molecular formula is C12H16ClN3OS. The first kappa shape index (κ1) is 13.5. The SMILES string of the molecule is COCCN(CCCl)c1ncnc2c(C)csc12. The predicted molar refractivity (Wildman–Crippen MR) is 77.0 cm³/mol. The highest BCUT2D eigenvalue weighted by atomic mass is 35.5. The van der Waals surface area contributed by atoms with Gasteiger partial charge in [-0.1, -0.05) is 0 Å². The van der Waals surface area contributed by atoms with Crippen LogP contribution in [0.15, 0.2) is 11.7 Å². The molecular weight excluding hydrogens is 270 g/mol. The summed E-state index contributed by atoms with van der Waals surface area (Å²) in [4.78, 5) is 10.9. The van der Waals surface area contributed by atoms with E-state index >= 15 is 0 Å². The van der Waals surface area contributed by atoms with Crippen LogP contribution in [0.2, 0.25) is 0 Å². The van der Waals surface area contributed by atoms with E-state index in [1.165, 1.54) is 5.56 Å². The average Bonchev–Trinajstić information content (AvgIpc) is 2.77. The van der Waals surface area contributed by atoms with Gasteiger partial charge >= 0.3 is 0 Å². The van der Waals surface area contributed by atoms with Crippen LogP contribution in [0, 0.1) is 6.92 Å². The van der Waals surface area contributed by atoms with Gasteiger partial charge in [-0.25, -0.2) is 9.97 Å². The van der Waals surface area contributed by atoms with Crippen molar-refractivity contribution >= 4 is 39.0 Å². The summed E-state index contributed by atoms with van der Waals surface area (Å²) >= 11 is 7.54. The lowest BCUT2D eigenvalue weighted by Gasteiger charge is -2.22. The topological polar surface area (TPSA) is 38.2 Å². The minimum Gasteiger partial charge on any atom is -0.383 e. The predicted octanol–water partition coefficient (Wildman–Crippen LogP) is 2.69. The molecule has 0 aromatic carbocycles. The lowest BCUT2D eigenvalue weighted by Crippen LogP contribution is -2.30. The third-order valence-electron chi connectivity index (χ3n) is 2.73. The van der Waals surface area contributed by atoms with Crippen molar-refractivity contribution in [3.8, 4) is 0 Å². The van der Waals surface area contributed by atoms with Gasteiger partial charge in [0.2, 0.25) is 0 Å². The van der Waals surface area contributed by atoms with E-state index in [0.717, 1.165) is 29.1 Å². The molecule has 0 aliphatic rings. The van der Waals surface area contributed by atoms with Crippen molar-refractivity contribution in [3.63, 3.8) is 0 Å². The number of alkyl halides is 1. The maximum atomic E-state index is 5.86. The molecule has 0 aliphatic heterocycles. The van der Waals surface area contributed by atoms with Crippen molar-refractivity contribution < 1.29 is 4.74 Å². The van der Waals surface area contributed by atoms with E-state index < -0.39 is 0 Å². The monoisotopic (exact) mass is 285 g/mol. The van der Waals surface area contributed by atoms with Gasteiger partial charge in [-0.2, -0.15) is 0 Å². The van der Waals surface area contributed by atoms with Gasteiger partial charge in [-0.05, 0) is 17.9 Å². The Kier molecular flexibility index (Phi) is 4.74. The highest BCUT2D eigenvalue weighted by molar-refractivity contribution is 7.18. The zero-order chi connectivity index (χ0) is 13.0. The standard InChI is InChI=1S/C12H16ClN3OS/c1-9-7-18-11-10(9)14-8-15-12(11)16(4-3-13)5-6-17-2/h7-8H,3-6H2,1-2H3. The molecule has 2 rings (SSSR count). The number of hydrogen-bond acceptors (Lipinski definition) is 5. The van der Waals surface area contributed by atoms with E-state index in [-0.39, 0.29) is 0 Å². The van der Waals surface area contributed by atoms with Gasteiger partial charge in [0, 0.05) is 26.1 Å². The Morgan fingerprint density at radius 3 is 2.94 bits per heavy atom. The molecule has 0 saturated heterocycles. The number of halogens is 1. The second-order valence-corrected chi connectivity index (χ2v) is 5.22. The summed E-state index contributed by atoms with van der Waals surface area (Å²) < 4.78 is 6.25. The van der Waals surface area contributed by atoms with Crippen LogP contribution in [0.5, 0.6) is 0 Å². The summed E-state index contributed by atoms with van der Waals surface area (Å²) in [7, 11) is 1.70. The maximum Gasteiger partial charge on any atom is 0.150 e. The highest BCUT2D eigenvalue weighted by Crippen LogP contribution is 2.30. The largest absolute Gasteiger partial charge is 0.383 e. The Hall–Kier alpha value is -0.910. The fraction of sp³-hybridized carbons (Fsp3) is 0.500. The van der Waals surface area contributed by atoms with Gasteiger partial charge in [-0.15, -0.1) is 22.9 Å². The Balaban J connectivity index is 2.36. The molecule has 0 bridgehead atoms. The first-order chi connectivity index (χ1) is 8.77. The summed E-state index contributed by atoms with van der Waals surface area (Å²) in [5, 5.41) is 2.11. The zero-order valence-electron chi connectivity index (χ0n) is 10.5. The second-order valence-electron chi connectivity index (χ2n) is 3.96. The molecule has 0 atom stereocenters. The number of rotatable bonds is 6. The van der Waals surface area contributed by atoms with Crippen LogP contribution in [-0.2, 0) is 4.74 Å². The van der Waals surface area contributed by atoms with Gasteiger partial charge in [-0.3, -0.25) is 0 Å². The number of aryl methyl sites for hydroxylation is 1. The Labute approximate surface area is 116 Å². The molecule has 2 aromatic heterocycles. The molecule has 0 aliphatic carbocycles. The van der Waals surface area contributed by atoms with E-state index in [9.17, 15) is 0 Å². The normalized spacial score (nSPS) is 11.1. The van der Waals surface area contributed by atoms with Crippen molar-refractivity contribution in [3.05, 3.63) is 17.3 Å². The number of fused-ring (bicyclic) bond motifs is 1. The van der Waals surface area contributed by atoms with Gasteiger partial charge in [0.15, 0.2) is 0 Å². The molecule has 0 fully saturated rings. The molecule has 2 aromatic rings. The van der Waals surface area contributed by atoms with E-state index in [0.29, 0.717) is 12.5 Å². The fourth-order valence-corrected chi connectivity index (χ4v) is 3.03. The van der Waals surface area contributed by atoms with Gasteiger partial charge in [0.05, 0.1) is 16.8 Å². The number of methoxy groups -OCH3 is 1. The van der Waals surface area contributed by atoms with Crippen molar-refractivity contribution in [2.45, 2.75) is 6.92 Å². The smallest absolute Gasteiger partial charge is 0.150 e. The number of hydrogen-bond donors (Lipinski definition) is 0. The van der Waals surface area contributed by atoms with E-state index in [1.807, 2.05) is 0 Å². The van der Waals surface area contributed by atoms with E-state index in [2.05, 4.69) is 27.2 Å². The third kappa shape index (κ3) is 2.74. The van der Waals surface area contributed by atoms with Crippen LogP contribution >= 0.6 is 22.9 Å². The molecule has 0 N–H and O–H groups in total. The number of aromatic nitrogens is 2. The van der Waals surface area contributed by atoms with Crippen molar-refractivity contribution in [1.29, 1.82) is 0 Å². The molecule has 0 unspecified atom stereocenters. The van der Waals surface area contributed by atoms with E-state index in [4.69, 9.17) is 16.3 Å². The van der Waals surface area contributed by atoms with Crippen molar-refractivity contribution in [2.75, 3.05) is 37.6 Å². The van der Waals surface area contributed by atoms with Gasteiger partial charge in [0.1, 0.15) is 12.1 Å². The summed E-state index contributed by atoms with van der Waals surface area (Å²) in [5.41, 5.74) is 2.22. The van der Waals surface area contributed by atoms with Crippen LogP contribution in [0.25, 0.3) is 10.2 Å². The summed E-state index contributed by atoms with van der Waals surface area (Å²) in [6, 6.07) is 0. The minimum absolute atomic E-state index is 0.569. The molecule has 18 heavy (non-hydrogen) atoms. The van der Waals surface area contributed by atoms with E-state index in [1.54, 1.807) is 24.8 Å². The number of anilines is 1. The van der Waals surface area contributed by atoms with Crippen LogP contribution in [-0.4, -0.2) is 42.7 Å². The Bertz CT molecular complexity index is 517. The average molecular weight is 286 g/mol. The quantitative estimate of drug-likeness (QED) is 0.765. The van der Waals surface area contributed by atoms with Crippen LogP contribution in [0.4, 0.5) is 5.82 Å². The van der Waals surface area contributed by atoms with Crippen LogP contribution in [0.3, 0.4) is 0 Å². The third-order valence-corrected chi connectivity index (χ3v) is 3.98. The fourth-order valence-electron chi connectivity index (χ4n) is 1.81. The molecule has 0 saturated carbocycles. The number of ether oxygens (including phenoxy) is 1. The second kappa shape index (κ2) is 6.31. The number of nitrogens with zero attached hydrogens (tertiary/aromatic N) is 3. The van der Waals surface area contributed by atoms with Crippen LogP contribution in [0.1, 0.15) is 5.56 Å². The first-order valence-corrected chi connectivity index (χ1v) is 7.18. The lowest BCUT2D eigenvalue weighted by molar-refractivity contribution is 0.205. The van der Waals surface area contributed by atoms with Gasteiger partial charge in [0.25, 0.3) is 0 Å². The minimum atomic E-state index is 0.569. The van der Waals surface area contributed by atoms with Crippen molar-refractivity contribution in [2.24, 2.45) is 0 Å². The lowest BCUT2D eigenvalue weighted by atomic mass is 10.3. The van der Waals surface area contributed by atoms with Crippen LogP contribution < -0.4 is 4.90 Å². The first-order valence-electron chi connectivity index (χ1n) is 5.76. The van der Waals surface area contributed by atoms with Gasteiger partial charge < -0.3 is 9.64 Å². The Morgan fingerprint density at radius 2 is 2.22 bits per heavy atom. The molecule has 2 heterocycles. The molecule has 0 spiro atoms. The number of thiophene rings is 1. The molecule has 4 nitrogen and oxygen atoms in total. The summed E-state index contributed by atoms with van der Waals surface area (Å²) in [6.45, 7) is 4.27. The molecule has 98 valence electrons. The highest BCUT2D eigenvalue weighted by Gasteiger charge is 2.14. The molecule has 0 radical (unpaired) electrons. The Morgan fingerprint density at radius 1 is 1.39 bits per heavy atom. The molecule has 0 amide bonds. The zero-order valence-corrected chi connectivity index (χ0v) is 12.1. The maximum absolute atomic E-state index is 5.86. The molecule has 6 heteroatoms. The summed E-state index contributed by atoms with van der Waals surface area (Å²) in [5.74, 6) is 1.52. The summed E-state index contributed by atoms with van der Waals surface area (Å²) in [6.07, 6.45) is 1.62.